The number of rotatable bonds is 5. The van der Waals surface area contributed by atoms with Crippen LogP contribution in [0.4, 0.5) is 0 Å². The number of carboxylic acids is 1. The number of amides is 1. The number of furan rings is 1. The number of aryl methyl sites for hydroxylation is 1. The first-order valence-corrected chi connectivity index (χ1v) is 7.06. The van der Waals surface area contributed by atoms with E-state index in [-0.39, 0.29) is 24.4 Å². The molecule has 1 heterocycles. The smallest absolute Gasteiger partial charge is 0.339 e. The Balaban J connectivity index is 2.04. The molecule has 22 heavy (non-hydrogen) atoms. The molecule has 0 aliphatic carbocycles. The summed E-state index contributed by atoms with van der Waals surface area (Å²) in [5.41, 5.74) is 0.866. The third kappa shape index (κ3) is 3.68. The molecule has 0 radical (unpaired) electrons. The van der Waals surface area contributed by atoms with Crippen LogP contribution >= 0.6 is 11.6 Å². The number of likely N-dealkylation sites (N-methyl/N-ethyl adjacent to an activating group) is 1. The van der Waals surface area contributed by atoms with Crippen molar-refractivity contribution in [3.05, 3.63) is 58.0 Å². The van der Waals surface area contributed by atoms with Crippen LogP contribution in [0.25, 0.3) is 0 Å². The van der Waals surface area contributed by atoms with Crippen molar-refractivity contribution in [3.8, 4) is 0 Å². The lowest BCUT2D eigenvalue weighted by molar-refractivity contribution is -0.129. The van der Waals surface area contributed by atoms with Gasteiger partial charge in [0.15, 0.2) is 0 Å². The Morgan fingerprint density at radius 2 is 2.00 bits per heavy atom. The number of carbonyl (C=O) groups excluding carboxylic acids is 1. The average Bonchev–Trinajstić information content (AvgIpc) is 2.82. The lowest BCUT2D eigenvalue weighted by Gasteiger charge is -2.16. The summed E-state index contributed by atoms with van der Waals surface area (Å²) in [5, 5.41) is 9.54. The third-order valence-electron chi connectivity index (χ3n) is 3.32. The van der Waals surface area contributed by atoms with Crippen molar-refractivity contribution in [2.45, 2.75) is 19.9 Å². The van der Waals surface area contributed by atoms with Gasteiger partial charge in [0.2, 0.25) is 5.91 Å². The minimum absolute atomic E-state index is 0.113. The summed E-state index contributed by atoms with van der Waals surface area (Å²) < 4.78 is 5.37. The molecule has 6 heteroatoms. The molecule has 5 nitrogen and oxygen atoms in total. The van der Waals surface area contributed by atoms with Crippen LogP contribution in [-0.2, 0) is 17.8 Å². The maximum Gasteiger partial charge on any atom is 0.339 e. The highest BCUT2D eigenvalue weighted by atomic mass is 35.5. The predicted molar refractivity (Wildman–Crippen MR) is 82.0 cm³/mol. The average molecular weight is 322 g/mol. The Morgan fingerprint density at radius 1 is 1.32 bits per heavy atom. The highest BCUT2D eigenvalue weighted by molar-refractivity contribution is 6.31. The van der Waals surface area contributed by atoms with Crippen molar-refractivity contribution in [1.29, 1.82) is 0 Å². The van der Waals surface area contributed by atoms with Gasteiger partial charge in [-0.25, -0.2) is 4.79 Å². The van der Waals surface area contributed by atoms with Gasteiger partial charge >= 0.3 is 5.97 Å². The zero-order chi connectivity index (χ0) is 16.3. The Bertz CT molecular complexity index is 708. The highest BCUT2D eigenvalue weighted by Crippen LogP contribution is 2.18. The second-order valence-corrected chi connectivity index (χ2v) is 5.41. The number of nitrogens with zero attached hydrogens (tertiary/aromatic N) is 1. The van der Waals surface area contributed by atoms with Gasteiger partial charge in [0.25, 0.3) is 0 Å². The fourth-order valence-corrected chi connectivity index (χ4v) is 2.30. The van der Waals surface area contributed by atoms with Crippen LogP contribution in [0.1, 0.15) is 27.4 Å². The number of carbonyl (C=O) groups is 2. The van der Waals surface area contributed by atoms with Gasteiger partial charge in [-0.3, -0.25) is 4.79 Å². The highest BCUT2D eigenvalue weighted by Gasteiger charge is 2.17. The van der Waals surface area contributed by atoms with Crippen LogP contribution in [0.5, 0.6) is 0 Å². The van der Waals surface area contributed by atoms with Crippen LogP contribution in [0, 0.1) is 6.92 Å². The Kier molecular flexibility index (Phi) is 4.88. The first-order chi connectivity index (χ1) is 10.4. The predicted octanol–water partition coefficient (Wildman–Crippen LogP) is 3.14. The number of hydrogen-bond donors (Lipinski definition) is 1. The molecule has 0 fully saturated rings. The van der Waals surface area contributed by atoms with Gasteiger partial charge in [-0.1, -0.05) is 29.8 Å². The fourth-order valence-electron chi connectivity index (χ4n) is 2.10. The van der Waals surface area contributed by atoms with Crippen LogP contribution < -0.4 is 0 Å². The molecule has 1 amide bonds. The quantitative estimate of drug-likeness (QED) is 0.918. The van der Waals surface area contributed by atoms with E-state index in [1.165, 1.54) is 11.0 Å². The van der Waals surface area contributed by atoms with Gasteiger partial charge in [-0.05, 0) is 24.6 Å². The monoisotopic (exact) mass is 321 g/mol. The summed E-state index contributed by atoms with van der Waals surface area (Å²) in [6.45, 7) is 1.79. The van der Waals surface area contributed by atoms with Gasteiger partial charge < -0.3 is 14.4 Å². The number of benzene rings is 1. The van der Waals surface area contributed by atoms with E-state index in [2.05, 4.69) is 0 Å². The van der Waals surface area contributed by atoms with Crippen LogP contribution in [-0.4, -0.2) is 28.9 Å². The van der Waals surface area contributed by atoms with Crippen molar-refractivity contribution in [2.24, 2.45) is 0 Å². The zero-order valence-corrected chi connectivity index (χ0v) is 13.1. The van der Waals surface area contributed by atoms with E-state index >= 15 is 0 Å². The second-order valence-electron chi connectivity index (χ2n) is 5.01. The Hall–Kier alpha value is -2.27. The van der Waals surface area contributed by atoms with Crippen molar-refractivity contribution in [1.82, 2.24) is 4.90 Å². The van der Waals surface area contributed by atoms with E-state index in [4.69, 9.17) is 21.1 Å². The lowest BCUT2D eigenvalue weighted by Crippen LogP contribution is -2.27. The van der Waals surface area contributed by atoms with Crippen molar-refractivity contribution in [2.75, 3.05) is 7.05 Å². The van der Waals surface area contributed by atoms with Crippen LogP contribution in [0.3, 0.4) is 0 Å². The Labute approximate surface area is 133 Å². The van der Waals surface area contributed by atoms with Gasteiger partial charge in [0.05, 0.1) is 13.0 Å². The maximum atomic E-state index is 12.2. The minimum Gasteiger partial charge on any atom is -0.478 e. The molecule has 0 unspecified atom stereocenters. The van der Waals surface area contributed by atoms with E-state index in [0.29, 0.717) is 16.5 Å². The van der Waals surface area contributed by atoms with E-state index in [0.717, 1.165) is 5.56 Å². The number of aromatic carboxylic acids is 1. The third-order valence-corrected chi connectivity index (χ3v) is 3.69. The van der Waals surface area contributed by atoms with E-state index in [1.54, 1.807) is 32.2 Å². The van der Waals surface area contributed by atoms with Crippen LogP contribution in [0.2, 0.25) is 5.02 Å². The maximum absolute atomic E-state index is 12.2. The zero-order valence-electron chi connectivity index (χ0n) is 12.3. The standard InChI is InChI=1S/C16H16ClNO4/c1-10-13(16(20)21)8-12(22-10)9-18(2)15(19)7-11-5-3-4-6-14(11)17/h3-6,8H,7,9H2,1-2H3,(H,20,21). The number of halogens is 1. The summed E-state index contributed by atoms with van der Waals surface area (Å²) >= 11 is 6.04. The normalized spacial score (nSPS) is 10.5. The van der Waals surface area contributed by atoms with E-state index in [9.17, 15) is 9.59 Å². The Morgan fingerprint density at radius 3 is 2.59 bits per heavy atom. The molecule has 1 aromatic heterocycles. The molecular formula is C16H16ClNO4. The lowest BCUT2D eigenvalue weighted by atomic mass is 10.1. The topological polar surface area (TPSA) is 70.8 Å². The molecule has 0 atom stereocenters. The summed E-state index contributed by atoms with van der Waals surface area (Å²) in [4.78, 5) is 24.7. The summed E-state index contributed by atoms with van der Waals surface area (Å²) in [6.07, 6.45) is 0.182. The van der Waals surface area contributed by atoms with Gasteiger partial charge in [0, 0.05) is 12.1 Å². The number of carboxylic acid groups (broad SMARTS) is 1. The molecule has 1 N–H and O–H groups in total. The minimum atomic E-state index is -1.04. The molecule has 0 bridgehead atoms. The number of hydrogen-bond acceptors (Lipinski definition) is 3. The van der Waals surface area contributed by atoms with Gasteiger partial charge in [0.1, 0.15) is 17.1 Å². The molecule has 0 saturated carbocycles. The fraction of sp³-hybridized carbons (Fsp3) is 0.250. The van der Waals surface area contributed by atoms with Crippen LogP contribution in [0.15, 0.2) is 34.7 Å². The van der Waals surface area contributed by atoms with Crippen molar-refractivity contribution < 1.29 is 19.1 Å². The first-order valence-electron chi connectivity index (χ1n) is 6.68. The van der Waals surface area contributed by atoms with Crippen molar-refractivity contribution >= 4 is 23.5 Å². The van der Waals surface area contributed by atoms with Gasteiger partial charge in [-0.15, -0.1) is 0 Å². The molecule has 0 saturated heterocycles. The van der Waals surface area contributed by atoms with Gasteiger partial charge in [-0.2, -0.15) is 0 Å². The SMILES string of the molecule is Cc1oc(CN(C)C(=O)Cc2ccccc2Cl)cc1C(=O)O. The van der Waals surface area contributed by atoms with E-state index in [1.807, 2.05) is 6.07 Å². The summed E-state index contributed by atoms with van der Waals surface area (Å²) in [6, 6.07) is 8.60. The molecule has 2 rings (SSSR count). The molecule has 0 spiro atoms. The molecule has 2 aromatic rings. The summed E-state index contributed by atoms with van der Waals surface area (Å²) in [5.74, 6) is -0.407. The molecule has 116 valence electrons. The summed E-state index contributed by atoms with van der Waals surface area (Å²) in [7, 11) is 1.64. The molecular weight excluding hydrogens is 306 g/mol. The van der Waals surface area contributed by atoms with E-state index < -0.39 is 5.97 Å². The largest absolute Gasteiger partial charge is 0.478 e. The molecule has 0 aliphatic heterocycles. The first kappa shape index (κ1) is 16.1. The molecule has 0 aliphatic rings. The second kappa shape index (κ2) is 6.66. The van der Waals surface area contributed by atoms with Crippen molar-refractivity contribution in [3.63, 3.8) is 0 Å². The molecule has 1 aromatic carbocycles.